The van der Waals surface area contributed by atoms with Crippen LogP contribution in [0.25, 0.3) is 0 Å². The molecule has 0 atom stereocenters. The van der Waals surface area contributed by atoms with Gasteiger partial charge in [-0.15, -0.1) is 5.10 Å². The van der Waals surface area contributed by atoms with Gasteiger partial charge in [-0.05, 0) is 30.9 Å². The molecule has 4 heteroatoms. The summed E-state index contributed by atoms with van der Waals surface area (Å²) in [4.78, 5) is 10.9. The normalized spacial score (nSPS) is 17.3. The van der Waals surface area contributed by atoms with Crippen molar-refractivity contribution in [2.45, 2.75) is 51.4 Å². The number of carbonyl (C=O) groups excluding carboxylic acids is 1. The zero-order valence-electron chi connectivity index (χ0n) is 10.8. The molecule has 1 aromatic rings. The van der Waals surface area contributed by atoms with E-state index in [-0.39, 0.29) is 5.69 Å². The van der Waals surface area contributed by atoms with E-state index in [9.17, 15) is 4.79 Å². The van der Waals surface area contributed by atoms with Gasteiger partial charge in [-0.1, -0.05) is 38.5 Å². The lowest BCUT2D eigenvalue weighted by Gasteiger charge is -2.12. The van der Waals surface area contributed by atoms with Gasteiger partial charge in [-0.25, -0.2) is 0 Å². The Morgan fingerprint density at radius 1 is 1.17 bits per heavy atom. The number of aryl methyl sites for hydroxylation is 1. The van der Waals surface area contributed by atoms with Crippen LogP contribution >= 0.6 is 0 Å². The number of hydrogen-bond donors (Lipinski definition) is 1. The molecule has 1 aliphatic rings. The minimum atomic E-state index is -0.516. The number of amides is 1. The highest BCUT2D eigenvalue weighted by molar-refractivity contribution is 5.90. The van der Waals surface area contributed by atoms with E-state index in [1.54, 1.807) is 6.07 Å². The monoisotopic (exact) mass is 247 g/mol. The van der Waals surface area contributed by atoms with Crippen molar-refractivity contribution >= 4 is 5.91 Å². The second-order valence-corrected chi connectivity index (χ2v) is 5.17. The molecule has 1 saturated carbocycles. The van der Waals surface area contributed by atoms with Crippen molar-refractivity contribution in [3.05, 3.63) is 23.5 Å². The highest BCUT2D eigenvalue weighted by Gasteiger charge is 2.12. The minimum absolute atomic E-state index is 0.244. The molecule has 0 saturated heterocycles. The van der Waals surface area contributed by atoms with Crippen molar-refractivity contribution in [2.24, 2.45) is 11.7 Å². The van der Waals surface area contributed by atoms with Crippen LogP contribution in [0.3, 0.4) is 0 Å². The number of primary amides is 1. The standard InChI is InChI=1S/C14H21N3O/c15-14(18)13-10-9-12(16-17-13)8-7-11-5-3-1-2-4-6-11/h9-11H,1-8H2,(H2,15,18). The van der Waals surface area contributed by atoms with Gasteiger partial charge in [0.2, 0.25) is 0 Å². The Morgan fingerprint density at radius 3 is 2.44 bits per heavy atom. The first kappa shape index (κ1) is 13.0. The molecule has 1 aliphatic carbocycles. The van der Waals surface area contributed by atoms with E-state index in [1.165, 1.54) is 44.9 Å². The molecule has 0 bridgehead atoms. The second kappa shape index (κ2) is 6.47. The third-order valence-corrected chi connectivity index (χ3v) is 3.76. The maximum Gasteiger partial charge on any atom is 0.269 e. The Labute approximate surface area is 108 Å². The predicted molar refractivity (Wildman–Crippen MR) is 70.1 cm³/mol. The average Bonchev–Trinajstić information content (AvgIpc) is 2.65. The van der Waals surface area contributed by atoms with Crippen LogP contribution in [0.5, 0.6) is 0 Å². The van der Waals surface area contributed by atoms with Gasteiger partial charge in [0.1, 0.15) is 0 Å². The van der Waals surface area contributed by atoms with E-state index < -0.39 is 5.91 Å². The summed E-state index contributed by atoms with van der Waals surface area (Å²) in [7, 11) is 0. The molecule has 18 heavy (non-hydrogen) atoms. The Morgan fingerprint density at radius 2 is 1.89 bits per heavy atom. The number of aromatic nitrogens is 2. The SMILES string of the molecule is NC(=O)c1ccc(CCC2CCCCCC2)nn1. The third kappa shape index (κ3) is 3.79. The van der Waals surface area contributed by atoms with Gasteiger partial charge < -0.3 is 5.73 Å². The zero-order chi connectivity index (χ0) is 12.8. The van der Waals surface area contributed by atoms with Gasteiger partial charge in [0.25, 0.3) is 5.91 Å². The fourth-order valence-electron chi connectivity index (χ4n) is 2.63. The molecule has 1 fully saturated rings. The molecule has 4 nitrogen and oxygen atoms in total. The summed E-state index contributed by atoms with van der Waals surface area (Å²) in [5, 5.41) is 7.89. The van der Waals surface area contributed by atoms with Gasteiger partial charge in [0, 0.05) is 0 Å². The predicted octanol–water partition coefficient (Wildman–Crippen LogP) is 2.48. The molecule has 1 aromatic heterocycles. The maximum atomic E-state index is 10.9. The van der Waals surface area contributed by atoms with Crippen LogP contribution in [0.4, 0.5) is 0 Å². The van der Waals surface area contributed by atoms with Crippen molar-refractivity contribution in [3.63, 3.8) is 0 Å². The first-order valence-electron chi connectivity index (χ1n) is 6.88. The van der Waals surface area contributed by atoms with Gasteiger partial charge in [0.15, 0.2) is 5.69 Å². The van der Waals surface area contributed by atoms with E-state index in [4.69, 9.17) is 5.73 Å². The van der Waals surface area contributed by atoms with Gasteiger partial charge >= 0.3 is 0 Å². The summed E-state index contributed by atoms with van der Waals surface area (Å²) in [5.41, 5.74) is 6.34. The van der Waals surface area contributed by atoms with E-state index in [1.807, 2.05) is 6.07 Å². The third-order valence-electron chi connectivity index (χ3n) is 3.76. The lowest BCUT2D eigenvalue weighted by atomic mass is 9.94. The van der Waals surface area contributed by atoms with Crippen molar-refractivity contribution in [1.29, 1.82) is 0 Å². The molecule has 0 unspecified atom stereocenters. The zero-order valence-corrected chi connectivity index (χ0v) is 10.8. The van der Waals surface area contributed by atoms with Crippen molar-refractivity contribution < 1.29 is 4.79 Å². The molecule has 1 amide bonds. The number of nitrogens with zero attached hydrogens (tertiary/aromatic N) is 2. The summed E-state index contributed by atoms with van der Waals surface area (Å²) in [5.74, 6) is 0.322. The number of nitrogens with two attached hydrogens (primary N) is 1. The highest BCUT2D eigenvalue weighted by Crippen LogP contribution is 2.26. The van der Waals surface area contributed by atoms with Crippen LogP contribution < -0.4 is 5.73 Å². The van der Waals surface area contributed by atoms with Crippen LogP contribution in [0.1, 0.15) is 61.1 Å². The van der Waals surface area contributed by atoms with Crippen molar-refractivity contribution in [3.8, 4) is 0 Å². The Bertz CT molecular complexity index is 381. The largest absolute Gasteiger partial charge is 0.364 e. The van der Waals surface area contributed by atoms with Crippen molar-refractivity contribution in [1.82, 2.24) is 10.2 Å². The second-order valence-electron chi connectivity index (χ2n) is 5.17. The molecule has 0 aromatic carbocycles. The molecule has 0 radical (unpaired) electrons. The van der Waals surface area contributed by atoms with Crippen molar-refractivity contribution in [2.75, 3.05) is 0 Å². The van der Waals surface area contributed by atoms with E-state index >= 15 is 0 Å². The van der Waals surface area contributed by atoms with Gasteiger partial charge in [-0.3, -0.25) is 4.79 Å². The van der Waals surface area contributed by atoms with Gasteiger partial charge in [0.05, 0.1) is 5.69 Å². The molecule has 1 heterocycles. The Balaban J connectivity index is 1.83. The van der Waals surface area contributed by atoms with Crippen LogP contribution in [-0.4, -0.2) is 16.1 Å². The fourth-order valence-corrected chi connectivity index (χ4v) is 2.63. The smallest absolute Gasteiger partial charge is 0.269 e. The molecule has 98 valence electrons. The first-order valence-corrected chi connectivity index (χ1v) is 6.88. The van der Waals surface area contributed by atoms with Crippen LogP contribution in [0.15, 0.2) is 12.1 Å². The van der Waals surface area contributed by atoms with Crippen LogP contribution in [0, 0.1) is 5.92 Å². The van der Waals surface area contributed by atoms with Crippen LogP contribution in [-0.2, 0) is 6.42 Å². The van der Waals surface area contributed by atoms with E-state index in [0.29, 0.717) is 0 Å². The Hall–Kier alpha value is -1.45. The van der Waals surface area contributed by atoms with E-state index in [2.05, 4.69) is 10.2 Å². The lowest BCUT2D eigenvalue weighted by Crippen LogP contribution is -2.14. The Kier molecular flexibility index (Phi) is 4.67. The summed E-state index contributed by atoms with van der Waals surface area (Å²) in [6.45, 7) is 0. The molecule has 2 N–H and O–H groups in total. The summed E-state index contributed by atoms with van der Waals surface area (Å²) >= 11 is 0. The molecular formula is C14H21N3O. The topological polar surface area (TPSA) is 68.9 Å². The highest BCUT2D eigenvalue weighted by atomic mass is 16.1. The number of rotatable bonds is 4. The number of carbonyl (C=O) groups is 1. The van der Waals surface area contributed by atoms with Crippen LogP contribution in [0.2, 0.25) is 0 Å². The van der Waals surface area contributed by atoms with Gasteiger partial charge in [-0.2, -0.15) is 5.10 Å². The molecule has 2 rings (SSSR count). The summed E-state index contributed by atoms with van der Waals surface area (Å²) in [6.07, 6.45) is 10.4. The summed E-state index contributed by atoms with van der Waals surface area (Å²) < 4.78 is 0. The average molecular weight is 247 g/mol. The minimum Gasteiger partial charge on any atom is -0.364 e. The molecular weight excluding hydrogens is 226 g/mol. The summed E-state index contributed by atoms with van der Waals surface area (Å²) in [6, 6.07) is 3.53. The number of hydrogen-bond acceptors (Lipinski definition) is 3. The fraction of sp³-hybridized carbons (Fsp3) is 0.643. The van der Waals surface area contributed by atoms with E-state index in [0.717, 1.165) is 18.0 Å². The first-order chi connectivity index (χ1) is 8.75. The molecule has 0 spiro atoms. The molecule has 0 aliphatic heterocycles. The lowest BCUT2D eigenvalue weighted by molar-refractivity contribution is 0.0994. The quantitative estimate of drug-likeness (QED) is 0.831. The maximum absolute atomic E-state index is 10.9.